The van der Waals surface area contributed by atoms with E-state index in [1.54, 1.807) is 24.4 Å². The summed E-state index contributed by atoms with van der Waals surface area (Å²) in [6, 6.07) is 8.26. The van der Waals surface area contributed by atoms with Crippen molar-refractivity contribution in [3.8, 4) is 0 Å². The Morgan fingerprint density at radius 2 is 2.05 bits per heavy atom. The van der Waals surface area contributed by atoms with Crippen LogP contribution in [0.25, 0.3) is 0 Å². The Balaban J connectivity index is 1.87. The van der Waals surface area contributed by atoms with Crippen molar-refractivity contribution < 1.29 is 9.18 Å². The molecule has 1 aliphatic heterocycles. The molecule has 0 N–H and O–H groups in total. The van der Waals surface area contributed by atoms with Gasteiger partial charge in [0.15, 0.2) is 0 Å². The fourth-order valence-electron chi connectivity index (χ4n) is 2.67. The van der Waals surface area contributed by atoms with E-state index in [2.05, 4.69) is 4.37 Å². The molecular formula is C15H15FN2OS. The van der Waals surface area contributed by atoms with Crippen molar-refractivity contribution in [1.29, 1.82) is 0 Å². The average molecular weight is 290 g/mol. The smallest absolute Gasteiger partial charge is 0.266 e. The molecule has 3 nitrogen and oxygen atoms in total. The number of aromatic nitrogens is 1. The van der Waals surface area contributed by atoms with Crippen LogP contribution in [0.2, 0.25) is 0 Å². The summed E-state index contributed by atoms with van der Waals surface area (Å²) in [5.74, 6) is -0.216. The molecule has 104 valence electrons. The number of carbonyl (C=O) groups excluding carboxylic acids is 1. The number of benzene rings is 1. The third-order valence-electron chi connectivity index (χ3n) is 3.67. The summed E-state index contributed by atoms with van der Waals surface area (Å²) in [6.07, 6.45) is 4.68. The molecule has 1 aliphatic rings. The van der Waals surface area contributed by atoms with Gasteiger partial charge >= 0.3 is 0 Å². The van der Waals surface area contributed by atoms with Gasteiger partial charge in [0, 0.05) is 12.7 Å². The van der Waals surface area contributed by atoms with Gasteiger partial charge in [-0.15, -0.1) is 0 Å². The lowest BCUT2D eigenvalue weighted by molar-refractivity contribution is 0.0616. The Hall–Kier alpha value is -1.75. The van der Waals surface area contributed by atoms with Crippen molar-refractivity contribution in [1.82, 2.24) is 9.27 Å². The number of rotatable bonds is 2. The zero-order valence-corrected chi connectivity index (χ0v) is 11.8. The van der Waals surface area contributed by atoms with E-state index in [-0.39, 0.29) is 17.8 Å². The minimum absolute atomic E-state index is 0.0292. The maximum Gasteiger partial charge on any atom is 0.266 e. The topological polar surface area (TPSA) is 33.2 Å². The molecule has 2 heterocycles. The van der Waals surface area contributed by atoms with Gasteiger partial charge in [-0.1, -0.05) is 12.1 Å². The number of carbonyl (C=O) groups is 1. The predicted octanol–water partition coefficient (Wildman–Crippen LogP) is 3.65. The summed E-state index contributed by atoms with van der Waals surface area (Å²) >= 11 is 1.22. The van der Waals surface area contributed by atoms with Crippen LogP contribution < -0.4 is 0 Å². The number of nitrogens with zero attached hydrogens (tertiary/aromatic N) is 2. The number of piperidine rings is 1. The molecule has 0 radical (unpaired) electrons. The quantitative estimate of drug-likeness (QED) is 0.846. The Morgan fingerprint density at radius 1 is 1.25 bits per heavy atom. The summed E-state index contributed by atoms with van der Waals surface area (Å²) in [5, 5.41) is 0. The summed E-state index contributed by atoms with van der Waals surface area (Å²) < 4.78 is 17.0. The van der Waals surface area contributed by atoms with Gasteiger partial charge in [0.05, 0.1) is 6.04 Å². The molecule has 0 aliphatic carbocycles. The first-order valence-corrected chi connectivity index (χ1v) is 7.50. The minimum Gasteiger partial charge on any atom is -0.331 e. The van der Waals surface area contributed by atoms with Crippen LogP contribution in [0.3, 0.4) is 0 Å². The van der Waals surface area contributed by atoms with Gasteiger partial charge in [-0.3, -0.25) is 4.79 Å². The van der Waals surface area contributed by atoms with Crippen LogP contribution >= 0.6 is 11.5 Å². The molecule has 1 aromatic heterocycles. The maximum absolute atomic E-state index is 13.0. The van der Waals surface area contributed by atoms with Crippen LogP contribution in [-0.4, -0.2) is 21.7 Å². The van der Waals surface area contributed by atoms with Crippen LogP contribution in [0.5, 0.6) is 0 Å². The van der Waals surface area contributed by atoms with Crippen molar-refractivity contribution in [2.45, 2.75) is 25.3 Å². The summed E-state index contributed by atoms with van der Waals surface area (Å²) in [5.41, 5.74) is 1.00. The number of hydrogen-bond acceptors (Lipinski definition) is 3. The fraction of sp³-hybridized carbons (Fsp3) is 0.333. The largest absolute Gasteiger partial charge is 0.331 e. The van der Waals surface area contributed by atoms with Gasteiger partial charge in [-0.05, 0) is 54.6 Å². The lowest BCUT2D eigenvalue weighted by Gasteiger charge is -2.35. The zero-order chi connectivity index (χ0) is 13.9. The second-order valence-corrected chi connectivity index (χ2v) is 5.77. The molecule has 1 aromatic carbocycles. The Kier molecular flexibility index (Phi) is 3.78. The molecule has 1 atom stereocenters. The molecule has 20 heavy (non-hydrogen) atoms. The van der Waals surface area contributed by atoms with E-state index in [9.17, 15) is 9.18 Å². The molecule has 1 saturated heterocycles. The number of hydrogen-bond donors (Lipinski definition) is 0. The van der Waals surface area contributed by atoms with Crippen LogP contribution in [0, 0.1) is 5.82 Å². The maximum atomic E-state index is 13.0. The molecule has 3 rings (SSSR count). The first kappa shape index (κ1) is 13.2. The van der Waals surface area contributed by atoms with Crippen LogP contribution in [0.1, 0.15) is 40.5 Å². The highest BCUT2D eigenvalue weighted by molar-refractivity contribution is 7.08. The lowest BCUT2D eigenvalue weighted by Crippen LogP contribution is -2.38. The molecule has 0 saturated carbocycles. The van der Waals surface area contributed by atoms with Crippen LogP contribution in [-0.2, 0) is 0 Å². The molecule has 1 fully saturated rings. The van der Waals surface area contributed by atoms with E-state index in [0.29, 0.717) is 4.88 Å². The highest BCUT2D eigenvalue weighted by atomic mass is 32.1. The average Bonchev–Trinajstić information content (AvgIpc) is 3.02. The van der Waals surface area contributed by atoms with E-state index >= 15 is 0 Å². The first-order valence-electron chi connectivity index (χ1n) is 6.73. The predicted molar refractivity (Wildman–Crippen MR) is 76.1 cm³/mol. The van der Waals surface area contributed by atoms with E-state index in [1.165, 1.54) is 23.7 Å². The van der Waals surface area contributed by atoms with Gasteiger partial charge < -0.3 is 4.90 Å². The normalized spacial score (nSPS) is 19.1. The van der Waals surface area contributed by atoms with Gasteiger partial charge in [-0.2, -0.15) is 0 Å². The molecule has 0 spiro atoms. The number of halogens is 1. The van der Waals surface area contributed by atoms with E-state index < -0.39 is 0 Å². The van der Waals surface area contributed by atoms with E-state index in [4.69, 9.17) is 0 Å². The molecule has 1 amide bonds. The Morgan fingerprint density at radius 3 is 2.75 bits per heavy atom. The summed E-state index contributed by atoms with van der Waals surface area (Å²) in [7, 11) is 0. The molecule has 0 bridgehead atoms. The summed E-state index contributed by atoms with van der Waals surface area (Å²) in [6.45, 7) is 0.749. The second-order valence-electron chi connectivity index (χ2n) is 4.94. The standard InChI is InChI=1S/C15H15FN2OS/c16-12-6-4-11(5-7-12)13-3-1-2-10-18(13)15(19)14-8-9-17-20-14/h4-9,13H,1-3,10H2. The summed E-state index contributed by atoms with van der Waals surface area (Å²) in [4.78, 5) is 15.1. The molecular weight excluding hydrogens is 275 g/mol. The Labute approximate surface area is 121 Å². The van der Waals surface area contributed by atoms with Crippen LogP contribution in [0.4, 0.5) is 4.39 Å². The minimum atomic E-state index is -0.245. The van der Waals surface area contributed by atoms with E-state index in [0.717, 1.165) is 31.4 Å². The molecule has 5 heteroatoms. The lowest BCUT2D eigenvalue weighted by atomic mass is 9.95. The SMILES string of the molecule is O=C(c1ccns1)N1CCCCC1c1ccc(F)cc1. The highest BCUT2D eigenvalue weighted by Crippen LogP contribution is 2.32. The monoisotopic (exact) mass is 290 g/mol. The first-order chi connectivity index (χ1) is 9.75. The van der Waals surface area contributed by atoms with E-state index in [1.807, 2.05) is 4.90 Å². The van der Waals surface area contributed by atoms with Crippen molar-refractivity contribution in [2.75, 3.05) is 6.54 Å². The van der Waals surface area contributed by atoms with Crippen molar-refractivity contribution in [2.24, 2.45) is 0 Å². The van der Waals surface area contributed by atoms with Gasteiger partial charge in [0.2, 0.25) is 0 Å². The second kappa shape index (κ2) is 5.71. The van der Waals surface area contributed by atoms with Crippen molar-refractivity contribution in [3.63, 3.8) is 0 Å². The van der Waals surface area contributed by atoms with Gasteiger partial charge in [0.25, 0.3) is 5.91 Å². The third kappa shape index (κ3) is 2.58. The molecule has 2 aromatic rings. The zero-order valence-electron chi connectivity index (χ0n) is 11.0. The van der Waals surface area contributed by atoms with Gasteiger partial charge in [0.1, 0.15) is 10.7 Å². The highest BCUT2D eigenvalue weighted by Gasteiger charge is 2.29. The number of amides is 1. The third-order valence-corrected chi connectivity index (χ3v) is 4.40. The van der Waals surface area contributed by atoms with Crippen molar-refractivity contribution >= 4 is 17.4 Å². The fourth-order valence-corrected chi connectivity index (χ4v) is 3.23. The van der Waals surface area contributed by atoms with Gasteiger partial charge in [-0.25, -0.2) is 8.76 Å². The Bertz CT molecular complexity index is 582. The number of likely N-dealkylation sites (tertiary alicyclic amines) is 1. The molecule has 1 unspecified atom stereocenters. The van der Waals surface area contributed by atoms with Crippen molar-refractivity contribution in [3.05, 3.63) is 52.8 Å². The van der Waals surface area contributed by atoms with Crippen LogP contribution in [0.15, 0.2) is 36.5 Å².